The second kappa shape index (κ2) is 5.90. The van der Waals surface area contributed by atoms with Crippen molar-refractivity contribution in [3.8, 4) is 0 Å². The molecule has 3 nitrogen and oxygen atoms in total. The fourth-order valence-electron chi connectivity index (χ4n) is 0.952. The highest BCUT2D eigenvalue weighted by molar-refractivity contribution is 7.95. The highest BCUT2D eigenvalue weighted by Crippen LogP contribution is 2.22. The summed E-state index contributed by atoms with van der Waals surface area (Å²) in [6.45, 7) is 4.90. The Morgan fingerprint density at radius 1 is 1.35 bits per heavy atom. The van der Waals surface area contributed by atoms with Crippen LogP contribution in [-0.4, -0.2) is 20.3 Å². The van der Waals surface area contributed by atoms with Crippen LogP contribution in [0.2, 0.25) is 0 Å². The van der Waals surface area contributed by atoms with Crippen LogP contribution < -0.4 is 5.73 Å². The van der Waals surface area contributed by atoms with Crippen LogP contribution in [0, 0.1) is 0 Å². The highest BCUT2D eigenvalue weighted by atomic mass is 32.2. The van der Waals surface area contributed by atoms with Gasteiger partial charge in [0.1, 0.15) is 5.70 Å². The van der Waals surface area contributed by atoms with Crippen LogP contribution in [0.4, 0.5) is 13.2 Å². The summed E-state index contributed by atoms with van der Waals surface area (Å²) >= 11 is 0. The molecule has 0 aliphatic carbocycles. The van der Waals surface area contributed by atoms with Crippen molar-refractivity contribution < 1.29 is 21.6 Å². The largest absolute Gasteiger partial charge is 0.430 e. The third-order valence-electron chi connectivity index (χ3n) is 1.79. The summed E-state index contributed by atoms with van der Waals surface area (Å²) in [4.78, 5) is -0.272. The summed E-state index contributed by atoms with van der Waals surface area (Å²) in [7, 11) is -3.59. The minimum Gasteiger partial charge on any atom is -0.395 e. The molecule has 0 aromatic rings. The van der Waals surface area contributed by atoms with Crippen molar-refractivity contribution in [3.05, 3.63) is 35.4 Å². The Morgan fingerprint density at radius 2 is 1.88 bits per heavy atom. The Kier molecular flexibility index (Phi) is 5.47. The van der Waals surface area contributed by atoms with E-state index in [1.807, 2.05) is 0 Å². The lowest BCUT2D eigenvalue weighted by molar-refractivity contribution is -0.0926. The van der Waals surface area contributed by atoms with Crippen LogP contribution in [0.1, 0.15) is 13.3 Å². The van der Waals surface area contributed by atoms with E-state index < -0.39 is 21.7 Å². The minimum absolute atomic E-state index is 0.148. The first kappa shape index (κ1) is 15.8. The summed E-state index contributed by atoms with van der Waals surface area (Å²) < 4.78 is 59.2. The first-order valence-electron chi connectivity index (χ1n) is 4.75. The molecule has 0 atom stereocenters. The minimum atomic E-state index is -4.67. The van der Waals surface area contributed by atoms with Crippen LogP contribution in [-0.2, 0) is 9.84 Å². The van der Waals surface area contributed by atoms with Gasteiger partial charge < -0.3 is 5.73 Å². The van der Waals surface area contributed by atoms with Gasteiger partial charge in [0.25, 0.3) is 0 Å². The zero-order valence-corrected chi connectivity index (χ0v) is 10.1. The van der Waals surface area contributed by atoms with E-state index in [9.17, 15) is 21.6 Å². The van der Waals surface area contributed by atoms with Gasteiger partial charge >= 0.3 is 6.18 Å². The van der Waals surface area contributed by atoms with E-state index in [1.54, 1.807) is 6.92 Å². The molecule has 2 N–H and O–H groups in total. The van der Waals surface area contributed by atoms with Crippen molar-refractivity contribution in [1.82, 2.24) is 0 Å². The van der Waals surface area contributed by atoms with E-state index in [4.69, 9.17) is 5.73 Å². The van der Waals surface area contributed by atoms with E-state index in [0.29, 0.717) is 12.5 Å². The van der Waals surface area contributed by atoms with Gasteiger partial charge in [-0.1, -0.05) is 19.6 Å². The topological polar surface area (TPSA) is 60.2 Å². The summed E-state index contributed by atoms with van der Waals surface area (Å²) in [6.07, 6.45) is -1.99. The van der Waals surface area contributed by atoms with Crippen LogP contribution in [0.15, 0.2) is 35.4 Å². The average molecular weight is 269 g/mol. The van der Waals surface area contributed by atoms with Crippen molar-refractivity contribution in [2.75, 3.05) is 5.75 Å². The number of allylic oxidation sites excluding steroid dienone is 4. The molecule has 0 unspecified atom stereocenters. The molecule has 0 amide bonds. The third-order valence-corrected chi connectivity index (χ3v) is 3.75. The predicted molar refractivity (Wildman–Crippen MR) is 60.7 cm³/mol. The first-order valence-corrected chi connectivity index (χ1v) is 6.40. The van der Waals surface area contributed by atoms with E-state index >= 15 is 0 Å². The molecule has 0 fully saturated rings. The number of rotatable bonds is 5. The summed E-state index contributed by atoms with van der Waals surface area (Å²) in [6, 6.07) is 0. The monoisotopic (exact) mass is 269 g/mol. The molecule has 0 rings (SSSR count). The number of sulfone groups is 1. The van der Waals surface area contributed by atoms with E-state index in [2.05, 4.69) is 6.58 Å². The van der Waals surface area contributed by atoms with Crippen molar-refractivity contribution in [1.29, 1.82) is 0 Å². The lowest BCUT2D eigenvalue weighted by Gasteiger charge is -2.05. The highest BCUT2D eigenvalue weighted by Gasteiger charge is 2.30. The number of hydrogen-bond donors (Lipinski definition) is 1. The van der Waals surface area contributed by atoms with E-state index in [1.165, 1.54) is 0 Å². The maximum atomic E-state index is 12.1. The van der Waals surface area contributed by atoms with Gasteiger partial charge in [0.15, 0.2) is 9.84 Å². The normalized spacial score (nSPS) is 14.8. The Hall–Kier alpha value is -1.24. The van der Waals surface area contributed by atoms with Crippen LogP contribution in [0.25, 0.3) is 0 Å². The standard InChI is InChI=1S/C10H14F3NO2S/c1-3-7-17(15,16)8(4-2)5-6-9(14)10(11,12)13/h4-6H,2-3,7,14H2,1H3/b8-5+,9-6-. The molecule has 0 aromatic heterocycles. The number of alkyl halides is 3. The Balaban J connectivity index is 5.25. The predicted octanol–water partition coefficient (Wildman–Crippen LogP) is 2.29. The Bertz CT molecular complexity index is 433. The van der Waals surface area contributed by atoms with Crippen molar-refractivity contribution in [2.45, 2.75) is 19.5 Å². The van der Waals surface area contributed by atoms with E-state index in [-0.39, 0.29) is 10.7 Å². The quantitative estimate of drug-likeness (QED) is 0.779. The zero-order valence-electron chi connectivity index (χ0n) is 9.29. The fourth-order valence-corrected chi connectivity index (χ4v) is 2.25. The van der Waals surface area contributed by atoms with Crippen LogP contribution in [0.3, 0.4) is 0 Å². The van der Waals surface area contributed by atoms with Gasteiger partial charge in [0.2, 0.25) is 0 Å². The van der Waals surface area contributed by atoms with Crippen molar-refractivity contribution in [2.24, 2.45) is 5.73 Å². The van der Waals surface area contributed by atoms with Gasteiger partial charge in [-0.2, -0.15) is 13.2 Å². The van der Waals surface area contributed by atoms with Gasteiger partial charge in [0.05, 0.1) is 10.7 Å². The lowest BCUT2D eigenvalue weighted by Crippen LogP contribution is -2.19. The number of nitrogens with two attached hydrogens (primary N) is 1. The molecule has 0 aliphatic heterocycles. The molecule has 17 heavy (non-hydrogen) atoms. The fraction of sp³-hybridized carbons (Fsp3) is 0.400. The molecule has 0 heterocycles. The molecule has 98 valence electrons. The maximum Gasteiger partial charge on any atom is 0.430 e. The molecular weight excluding hydrogens is 255 g/mol. The lowest BCUT2D eigenvalue weighted by atomic mass is 10.3. The summed E-state index contributed by atoms with van der Waals surface area (Å²) in [5, 5.41) is 0. The third kappa shape index (κ3) is 5.08. The summed E-state index contributed by atoms with van der Waals surface area (Å²) in [5.41, 5.74) is 3.38. The number of hydrogen-bond acceptors (Lipinski definition) is 3. The Labute approximate surface area is 98.4 Å². The van der Waals surface area contributed by atoms with Crippen LogP contribution >= 0.6 is 0 Å². The zero-order chi connectivity index (χ0) is 13.7. The molecule has 0 aromatic carbocycles. The molecule has 0 spiro atoms. The van der Waals surface area contributed by atoms with Gasteiger partial charge in [-0.15, -0.1) is 0 Å². The summed E-state index contributed by atoms with van der Waals surface area (Å²) in [5.74, 6) is -0.148. The number of halogens is 3. The first-order chi connectivity index (χ1) is 7.65. The maximum absolute atomic E-state index is 12.1. The second-order valence-electron chi connectivity index (χ2n) is 3.21. The molecule has 0 radical (unpaired) electrons. The molecule has 0 saturated heterocycles. The SMILES string of the molecule is C=C/C(=C\C=C(/N)C(F)(F)F)S(=O)(=O)CCC. The average Bonchev–Trinajstić information content (AvgIpc) is 2.16. The molecule has 0 bridgehead atoms. The second-order valence-corrected chi connectivity index (χ2v) is 5.32. The van der Waals surface area contributed by atoms with Gasteiger partial charge in [0, 0.05) is 0 Å². The van der Waals surface area contributed by atoms with Gasteiger partial charge in [-0.25, -0.2) is 8.42 Å². The molecule has 0 aliphatic rings. The van der Waals surface area contributed by atoms with E-state index in [0.717, 1.165) is 12.2 Å². The van der Waals surface area contributed by atoms with Gasteiger partial charge in [-0.05, 0) is 18.6 Å². The molecular formula is C10H14F3NO2S. The molecule has 7 heteroatoms. The van der Waals surface area contributed by atoms with Crippen LogP contribution in [0.5, 0.6) is 0 Å². The van der Waals surface area contributed by atoms with Crippen molar-refractivity contribution in [3.63, 3.8) is 0 Å². The smallest absolute Gasteiger partial charge is 0.395 e. The van der Waals surface area contributed by atoms with Crippen molar-refractivity contribution >= 4 is 9.84 Å². The Morgan fingerprint density at radius 3 is 2.24 bits per heavy atom. The van der Waals surface area contributed by atoms with Gasteiger partial charge in [-0.3, -0.25) is 0 Å². The molecule has 0 saturated carbocycles.